The van der Waals surface area contributed by atoms with Gasteiger partial charge in [0.2, 0.25) is 0 Å². The number of hydrogen-bond acceptors (Lipinski definition) is 4. The van der Waals surface area contributed by atoms with E-state index in [1.807, 2.05) is 69.3 Å². The number of methoxy groups -OCH3 is 1. The number of carbonyl (C=O) groups is 2. The third-order valence-corrected chi connectivity index (χ3v) is 5.75. The van der Waals surface area contributed by atoms with E-state index in [9.17, 15) is 9.59 Å². The molecule has 0 heterocycles. The Hall–Kier alpha value is -4.32. The quantitative estimate of drug-likeness (QED) is 0.347. The highest BCUT2D eigenvalue weighted by Crippen LogP contribution is 2.29. The number of aryl methyl sites for hydroxylation is 3. The number of para-hydroxylation sites is 2. The maximum atomic E-state index is 13.3. The summed E-state index contributed by atoms with van der Waals surface area (Å²) in [5.41, 5.74) is 4.75. The molecule has 0 fully saturated rings. The number of amides is 2. The number of rotatable bonds is 7. The van der Waals surface area contributed by atoms with Crippen LogP contribution in [-0.4, -0.2) is 25.5 Å². The summed E-state index contributed by atoms with van der Waals surface area (Å²) in [6, 6.07) is 22.4. The van der Waals surface area contributed by atoms with Crippen molar-refractivity contribution in [2.45, 2.75) is 20.8 Å². The molecule has 0 saturated heterocycles. The van der Waals surface area contributed by atoms with Gasteiger partial charge >= 0.3 is 0 Å². The molecular formula is C29H28N2O4. The summed E-state index contributed by atoms with van der Waals surface area (Å²) in [4.78, 5) is 26.0. The molecule has 4 rings (SSSR count). The molecule has 4 aromatic carbocycles. The van der Waals surface area contributed by atoms with Crippen LogP contribution < -0.4 is 20.1 Å². The van der Waals surface area contributed by atoms with E-state index in [0.717, 1.165) is 33.2 Å². The van der Waals surface area contributed by atoms with Crippen LogP contribution >= 0.6 is 0 Å². The molecule has 0 radical (unpaired) electrons. The van der Waals surface area contributed by atoms with Crippen LogP contribution in [0.15, 0.2) is 72.8 Å². The average molecular weight is 469 g/mol. The molecule has 4 aromatic rings. The van der Waals surface area contributed by atoms with Gasteiger partial charge in [0.1, 0.15) is 11.5 Å². The smallest absolute Gasteiger partial charge is 0.262 e. The highest BCUT2D eigenvalue weighted by atomic mass is 16.5. The summed E-state index contributed by atoms with van der Waals surface area (Å²) in [5, 5.41) is 7.62. The Labute approximate surface area is 204 Å². The topological polar surface area (TPSA) is 76.7 Å². The number of benzene rings is 4. The highest BCUT2D eigenvalue weighted by molar-refractivity contribution is 6.09. The van der Waals surface area contributed by atoms with Crippen molar-refractivity contribution in [2.75, 3.05) is 24.4 Å². The first-order valence-electron chi connectivity index (χ1n) is 11.3. The van der Waals surface area contributed by atoms with Crippen LogP contribution in [0.3, 0.4) is 0 Å². The standard InChI is InChI=1S/C29H28N2O4/c1-18-13-19(2)28(20(3)14-18)31-27(32)17-35-26-16-22-10-6-5-9-21(22)15-23(26)29(33)30-24-11-7-8-12-25(24)34-4/h5-16H,17H2,1-4H3,(H,30,33)(H,31,32). The Morgan fingerprint density at radius 1 is 0.771 bits per heavy atom. The monoisotopic (exact) mass is 468 g/mol. The fraction of sp³-hybridized carbons (Fsp3) is 0.172. The molecule has 0 spiro atoms. The zero-order valence-electron chi connectivity index (χ0n) is 20.3. The van der Waals surface area contributed by atoms with Gasteiger partial charge in [0.25, 0.3) is 11.8 Å². The molecule has 0 aromatic heterocycles. The van der Waals surface area contributed by atoms with Gasteiger partial charge in [0.15, 0.2) is 6.61 Å². The lowest BCUT2D eigenvalue weighted by Crippen LogP contribution is -2.22. The lowest BCUT2D eigenvalue weighted by atomic mass is 10.0. The van der Waals surface area contributed by atoms with Gasteiger partial charge in [-0.1, -0.05) is 54.1 Å². The van der Waals surface area contributed by atoms with E-state index in [0.29, 0.717) is 22.7 Å². The molecule has 2 N–H and O–H groups in total. The van der Waals surface area contributed by atoms with Crippen molar-refractivity contribution in [3.63, 3.8) is 0 Å². The molecular weight excluding hydrogens is 440 g/mol. The lowest BCUT2D eigenvalue weighted by molar-refractivity contribution is -0.118. The summed E-state index contributed by atoms with van der Waals surface area (Å²) in [6.07, 6.45) is 0. The third-order valence-electron chi connectivity index (χ3n) is 5.75. The largest absolute Gasteiger partial charge is 0.495 e. The molecule has 6 nitrogen and oxygen atoms in total. The van der Waals surface area contributed by atoms with Gasteiger partial charge in [-0.05, 0) is 66.9 Å². The molecule has 0 unspecified atom stereocenters. The molecule has 0 bridgehead atoms. The molecule has 0 saturated carbocycles. The third kappa shape index (κ3) is 5.44. The molecule has 0 aliphatic rings. The minimum Gasteiger partial charge on any atom is -0.495 e. The second kappa shape index (κ2) is 10.3. The van der Waals surface area contributed by atoms with Crippen molar-refractivity contribution in [2.24, 2.45) is 0 Å². The average Bonchev–Trinajstić information content (AvgIpc) is 2.84. The zero-order valence-corrected chi connectivity index (χ0v) is 20.3. The Balaban J connectivity index is 1.58. The molecule has 0 aliphatic heterocycles. The van der Waals surface area contributed by atoms with E-state index in [1.165, 1.54) is 0 Å². The molecule has 2 amide bonds. The van der Waals surface area contributed by atoms with Gasteiger partial charge in [-0.2, -0.15) is 0 Å². The Morgan fingerprint density at radius 2 is 1.40 bits per heavy atom. The van der Waals surface area contributed by atoms with Crippen molar-refractivity contribution in [1.82, 2.24) is 0 Å². The summed E-state index contributed by atoms with van der Waals surface area (Å²) in [7, 11) is 1.55. The molecule has 0 atom stereocenters. The molecule has 178 valence electrons. The van der Waals surface area contributed by atoms with Gasteiger partial charge < -0.3 is 20.1 Å². The molecule has 0 aliphatic carbocycles. The number of ether oxygens (including phenoxy) is 2. The molecule has 35 heavy (non-hydrogen) atoms. The first kappa shape index (κ1) is 23.8. The summed E-state index contributed by atoms with van der Waals surface area (Å²) in [6.45, 7) is 5.70. The minimum atomic E-state index is -0.360. The van der Waals surface area contributed by atoms with E-state index in [2.05, 4.69) is 10.6 Å². The highest BCUT2D eigenvalue weighted by Gasteiger charge is 2.18. The normalized spacial score (nSPS) is 10.6. The predicted octanol–water partition coefficient (Wildman–Crippen LogP) is 6.04. The summed E-state index contributed by atoms with van der Waals surface area (Å²) < 4.78 is 11.2. The van der Waals surface area contributed by atoms with Crippen LogP contribution in [0.4, 0.5) is 11.4 Å². The van der Waals surface area contributed by atoms with Gasteiger partial charge in [0, 0.05) is 5.69 Å². The van der Waals surface area contributed by atoms with Gasteiger partial charge in [-0.15, -0.1) is 0 Å². The van der Waals surface area contributed by atoms with Crippen LogP contribution in [0.5, 0.6) is 11.5 Å². The SMILES string of the molecule is COc1ccccc1NC(=O)c1cc2ccccc2cc1OCC(=O)Nc1c(C)cc(C)cc1C. The summed E-state index contributed by atoms with van der Waals surface area (Å²) >= 11 is 0. The van der Waals surface area contributed by atoms with E-state index < -0.39 is 0 Å². The van der Waals surface area contributed by atoms with Gasteiger partial charge in [0.05, 0.1) is 18.4 Å². The number of carbonyl (C=O) groups excluding carboxylic acids is 2. The fourth-order valence-electron chi connectivity index (χ4n) is 4.15. The first-order valence-corrected chi connectivity index (χ1v) is 11.3. The second-order valence-corrected chi connectivity index (χ2v) is 8.46. The van der Waals surface area contributed by atoms with Crippen LogP contribution in [0.25, 0.3) is 10.8 Å². The van der Waals surface area contributed by atoms with Crippen molar-refractivity contribution >= 4 is 34.0 Å². The maximum absolute atomic E-state index is 13.3. The van der Waals surface area contributed by atoms with Gasteiger partial charge in [-0.25, -0.2) is 0 Å². The van der Waals surface area contributed by atoms with Crippen molar-refractivity contribution in [3.05, 3.63) is 95.1 Å². The number of fused-ring (bicyclic) bond motifs is 1. The maximum Gasteiger partial charge on any atom is 0.262 e. The zero-order chi connectivity index (χ0) is 24.9. The Bertz CT molecular complexity index is 1390. The first-order chi connectivity index (χ1) is 16.9. The van der Waals surface area contributed by atoms with E-state index >= 15 is 0 Å². The van der Waals surface area contributed by atoms with E-state index in [-0.39, 0.29) is 18.4 Å². The Morgan fingerprint density at radius 3 is 2.09 bits per heavy atom. The Kier molecular flexibility index (Phi) is 7.01. The second-order valence-electron chi connectivity index (χ2n) is 8.46. The number of hydrogen-bond donors (Lipinski definition) is 2. The van der Waals surface area contributed by atoms with Crippen LogP contribution in [-0.2, 0) is 4.79 Å². The van der Waals surface area contributed by atoms with Crippen molar-refractivity contribution in [1.29, 1.82) is 0 Å². The predicted molar refractivity (Wildman–Crippen MR) is 140 cm³/mol. The van der Waals surface area contributed by atoms with Crippen LogP contribution in [0.2, 0.25) is 0 Å². The van der Waals surface area contributed by atoms with E-state index in [1.54, 1.807) is 31.4 Å². The number of anilines is 2. The van der Waals surface area contributed by atoms with Crippen LogP contribution in [0, 0.1) is 20.8 Å². The minimum absolute atomic E-state index is 0.236. The van der Waals surface area contributed by atoms with Crippen LogP contribution in [0.1, 0.15) is 27.0 Å². The number of nitrogens with one attached hydrogen (secondary N) is 2. The van der Waals surface area contributed by atoms with Crippen molar-refractivity contribution in [3.8, 4) is 11.5 Å². The van der Waals surface area contributed by atoms with Crippen molar-refractivity contribution < 1.29 is 19.1 Å². The fourth-order valence-corrected chi connectivity index (χ4v) is 4.15. The van der Waals surface area contributed by atoms with Gasteiger partial charge in [-0.3, -0.25) is 9.59 Å². The molecule has 6 heteroatoms. The van der Waals surface area contributed by atoms with E-state index in [4.69, 9.17) is 9.47 Å². The lowest BCUT2D eigenvalue weighted by Gasteiger charge is -2.16. The summed E-state index contributed by atoms with van der Waals surface area (Å²) in [5.74, 6) is 0.209.